The standard InChI is InChI=1S/C16H29NO2/c1-13-7-6-10-16(11-13,15(18)19)12-17(2)14-8-4-3-5-9-14/h13-14H,3-12H2,1-2H3,(H,18,19). The van der Waals surface area contributed by atoms with Crippen LogP contribution in [0.15, 0.2) is 0 Å². The first-order valence-corrected chi connectivity index (χ1v) is 7.97. The van der Waals surface area contributed by atoms with Crippen LogP contribution in [0.5, 0.6) is 0 Å². The van der Waals surface area contributed by atoms with Gasteiger partial charge in [-0.1, -0.05) is 39.0 Å². The molecule has 3 nitrogen and oxygen atoms in total. The molecule has 3 heteroatoms. The van der Waals surface area contributed by atoms with Crippen LogP contribution >= 0.6 is 0 Å². The summed E-state index contributed by atoms with van der Waals surface area (Å²) in [6.45, 7) is 2.95. The molecule has 0 aromatic carbocycles. The Morgan fingerprint density at radius 2 is 1.89 bits per heavy atom. The lowest BCUT2D eigenvalue weighted by molar-refractivity contribution is -0.154. The molecule has 2 fully saturated rings. The smallest absolute Gasteiger partial charge is 0.310 e. The Balaban J connectivity index is 2.01. The van der Waals surface area contributed by atoms with Crippen molar-refractivity contribution in [1.82, 2.24) is 4.90 Å². The Morgan fingerprint density at radius 1 is 1.21 bits per heavy atom. The maximum Gasteiger partial charge on any atom is 0.310 e. The summed E-state index contributed by atoms with van der Waals surface area (Å²) in [6, 6.07) is 0.613. The summed E-state index contributed by atoms with van der Waals surface area (Å²) in [5.74, 6) is -0.00804. The van der Waals surface area contributed by atoms with E-state index in [-0.39, 0.29) is 0 Å². The molecule has 0 spiro atoms. The Kier molecular flexibility index (Phi) is 4.88. The van der Waals surface area contributed by atoms with E-state index in [9.17, 15) is 9.90 Å². The third-order valence-corrected chi connectivity index (χ3v) is 5.30. The average molecular weight is 267 g/mol. The van der Waals surface area contributed by atoms with Crippen LogP contribution in [0.4, 0.5) is 0 Å². The molecule has 0 amide bonds. The maximum atomic E-state index is 11.8. The van der Waals surface area contributed by atoms with Gasteiger partial charge in [0, 0.05) is 12.6 Å². The van der Waals surface area contributed by atoms with Crippen LogP contribution in [0.1, 0.15) is 64.7 Å². The molecule has 110 valence electrons. The lowest BCUT2D eigenvalue weighted by Crippen LogP contribution is -2.48. The van der Waals surface area contributed by atoms with Crippen LogP contribution in [0.3, 0.4) is 0 Å². The summed E-state index contributed by atoms with van der Waals surface area (Å²) in [7, 11) is 2.14. The summed E-state index contributed by atoms with van der Waals surface area (Å²) in [5.41, 5.74) is -0.482. The van der Waals surface area contributed by atoms with Crippen molar-refractivity contribution in [3.05, 3.63) is 0 Å². The predicted octanol–water partition coefficient (Wildman–Crippen LogP) is 3.53. The van der Waals surface area contributed by atoms with Gasteiger partial charge in [0.1, 0.15) is 0 Å². The molecular weight excluding hydrogens is 238 g/mol. The average Bonchev–Trinajstić information content (AvgIpc) is 2.39. The zero-order chi connectivity index (χ0) is 13.9. The number of hydrogen-bond donors (Lipinski definition) is 1. The van der Waals surface area contributed by atoms with E-state index in [1.807, 2.05) is 0 Å². The first-order valence-electron chi connectivity index (χ1n) is 7.97. The molecule has 0 saturated heterocycles. The van der Waals surface area contributed by atoms with E-state index < -0.39 is 11.4 Å². The van der Waals surface area contributed by atoms with E-state index in [0.29, 0.717) is 12.0 Å². The molecule has 0 aromatic rings. The van der Waals surface area contributed by atoms with Crippen LogP contribution in [0.2, 0.25) is 0 Å². The number of rotatable bonds is 4. The van der Waals surface area contributed by atoms with Crippen LogP contribution < -0.4 is 0 Å². The fraction of sp³-hybridized carbons (Fsp3) is 0.938. The summed E-state index contributed by atoms with van der Waals surface area (Å²) in [4.78, 5) is 14.2. The van der Waals surface area contributed by atoms with Crippen molar-refractivity contribution >= 4 is 5.97 Å². The first kappa shape index (κ1) is 14.8. The van der Waals surface area contributed by atoms with Crippen molar-refractivity contribution in [2.45, 2.75) is 70.8 Å². The summed E-state index contributed by atoms with van der Waals surface area (Å²) in [6.07, 6.45) is 10.5. The normalized spacial score (nSPS) is 33.5. The van der Waals surface area contributed by atoms with Crippen molar-refractivity contribution in [2.24, 2.45) is 11.3 Å². The van der Waals surface area contributed by atoms with Crippen LogP contribution in [-0.4, -0.2) is 35.6 Å². The highest BCUT2D eigenvalue weighted by Crippen LogP contribution is 2.41. The Hall–Kier alpha value is -0.570. The van der Waals surface area contributed by atoms with E-state index in [0.717, 1.165) is 25.8 Å². The van der Waals surface area contributed by atoms with Gasteiger partial charge in [0.15, 0.2) is 0 Å². The summed E-state index contributed by atoms with van der Waals surface area (Å²) < 4.78 is 0. The third kappa shape index (κ3) is 3.50. The molecule has 2 aliphatic rings. The van der Waals surface area contributed by atoms with Crippen molar-refractivity contribution in [3.63, 3.8) is 0 Å². The van der Waals surface area contributed by atoms with E-state index >= 15 is 0 Å². The monoisotopic (exact) mass is 267 g/mol. The number of carbonyl (C=O) groups is 1. The largest absolute Gasteiger partial charge is 0.481 e. The number of carboxylic acids is 1. The molecule has 0 aromatic heterocycles. The molecule has 2 saturated carbocycles. The molecule has 2 unspecified atom stereocenters. The Morgan fingerprint density at radius 3 is 2.47 bits per heavy atom. The number of hydrogen-bond acceptors (Lipinski definition) is 2. The van der Waals surface area contributed by atoms with Gasteiger partial charge in [0.2, 0.25) is 0 Å². The molecule has 1 N–H and O–H groups in total. The second-order valence-electron chi connectivity index (χ2n) is 6.99. The molecule has 0 heterocycles. The Labute approximate surface area is 117 Å². The minimum atomic E-state index is -0.568. The summed E-state index contributed by atoms with van der Waals surface area (Å²) in [5, 5.41) is 9.73. The maximum absolute atomic E-state index is 11.8. The third-order valence-electron chi connectivity index (χ3n) is 5.30. The van der Waals surface area contributed by atoms with Crippen molar-refractivity contribution in [1.29, 1.82) is 0 Å². The first-order chi connectivity index (χ1) is 9.03. The van der Waals surface area contributed by atoms with Gasteiger partial charge in [-0.2, -0.15) is 0 Å². The van der Waals surface area contributed by atoms with Crippen LogP contribution in [0.25, 0.3) is 0 Å². The number of carboxylic acid groups (broad SMARTS) is 1. The molecular formula is C16H29NO2. The topological polar surface area (TPSA) is 40.5 Å². The minimum Gasteiger partial charge on any atom is -0.481 e. The quantitative estimate of drug-likeness (QED) is 0.847. The SMILES string of the molecule is CC1CCCC(CN(C)C2CCCCC2)(C(=O)O)C1. The van der Waals surface area contributed by atoms with E-state index in [2.05, 4.69) is 18.9 Å². The molecule has 2 aliphatic carbocycles. The summed E-state index contributed by atoms with van der Waals surface area (Å²) >= 11 is 0. The highest BCUT2D eigenvalue weighted by Gasteiger charge is 2.43. The highest BCUT2D eigenvalue weighted by molar-refractivity contribution is 5.75. The van der Waals surface area contributed by atoms with Gasteiger partial charge in [0.25, 0.3) is 0 Å². The van der Waals surface area contributed by atoms with Gasteiger partial charge >= 0.3 is 5.97 Å². The molecule has 0 aliphatic heterocycles. The zero-order valence-corrected chi connectivity index (χ0v) is 12.5. The predicted molar refractivity (Wildman–Crippen MR) is 77.2 cm³/mol. The van der Waals surface area contributed by atoms with Gasteiger partial charge < -0.3 is 10.0 Å². The van der Waals surface area contributed by atoms with Crippen molar-refractivity contribution in [3.8, 4) is 0 Å². The second kappa shape index (κ2) is 6.25. The van der Waals surface area contributed by atoms with Crippen molar-refractivity contribution in [2.75, 3.05) is 13.6 Å². The number of aliphatic carboxylic acids is 1. The van der Waals surface area contributed by atoms with Gasteiger partial charge in [-0.15, -0.1) is 0 Å². The van der Waals surface area contributed by atoms with Crippen molar-refractivity contribution < 1.29 is 9.90 Å². The van der Waals surface area contributed by atoms with Crippen LogP contribution in [-0.2, 0) is 4.79 Å². The minimum absolute atomic E-state index is 0.482. The van der Waals surface area contributed by atoms with E-state index in [1.54, 1.807) is 0 Å². The molecule has 0 bridgehead atoms. The lowest BCUT2D eigenvalue weighted by Gasteiger charge is -2.42. The van der Waals surface area contributed by atoms with E-state index in [1.165, 1.54) is 38.5 Å². The molecule has 0 radical (unpaired) electrons. The molecule has 19 heavy (non-hydrogen) atoms. The highest BCUT2D eigenvalue weighted by atomic mass is 16.4. The molecule has 2 rings (SSSR count). The fourth-order valence-electron chi connectivity index (χ4n) is 4.19. The molecule has 2 atom stereocenters. The van der Waals surface area contributed by atoms with Gasteiger partial charge in [-0.05, 0) is 38.6 Å². The zero-order valence-electron chi connectivity index (χ0n) is 12.5. The van der Waals surface area contributed by atoms with Gasteiger partial charge in [-0.25, -0.2) is 0 Å². The van der Waals surface area contributed by atoms with Gasteiger partial charge in [0.05, 0.1) is 5.41 Å². The number of nitrogens with zero attached hydrogens (tertiary/aromatic N) is 1. The van der Waals surface area contributed by atoms with Gasteiger partial charge in [-0.3, -0.25) is 4.79 Å². The second-order valence-corrected chi connectivity index (χ2v) is 6.99. The van der Waals surface area contributed by atoms with Crippen LogP contribution in [0, 0.1) is 11.3 Å². The Bertz CT molecular complexity index is 312. The van der Waals surface area contributed by atoms with E-state index in [4.69, 9.17) is 0 Å². The lowest BCUT2D eigenvalue weighted by atomic mass is 9.69. The fourth-order valence-corrected chi connectivity index (χ4v) is 4.19.